The number of aromatic carboxylic acids is 1. The lowest BCUT2D eigenvalue weighted by atomic mass is 10.1. The smallest absolute Gasteiger partial charge is 0.335 e. The average molecular weight is 325 g/mol. The molecule has 3 aromatic rings. The van der Waals surface area contributed by atoms with Gasteiger partial charge in [-0.1, -0.05) is 12.1 Å². The van der Waals surface area contributed by atoms with Crippen molar-refractivity contribution in [3.63, 3.8) is 0 Å². The zero-order valence-electron chi connectivity index (χ0n) is 12.3. The van der Waals surface area contributed by atoms with Crippen LogP contribution in [0.5, 0.6) is 0 Å². The molecule has 2 N–H and O–H groups in total. The van der Waals surface area contributed by atoms with Crippen molar-refractivity contribution in [2.24, 2.45) is 0 Å². The number of anilines is 1. The van der Waals surface area contributed by atoms with Crippen LogP contribution in [-0.2, 0) is 12.8 Å². The van der Waals surface area contributed by atoms with E-state index in [0.29, 0.717) is 0 Å². The number of nitrogens with one attached hydrogen (secondary N) is 1. The Morgan fingerprint density at radius 1 is 1.35 bits per heavy atom. The summed E-state index contributed by atoms with van der Waals surface area (Å²) in [6.07, 6.45) is 1.77. The van der Waals surface area contributed by atoms with Gasteiger partial charge in [0.2, 0.25) is 0 Å². The fraction of sp³-hybridized carbons (Fsp3) is 0.176. The zero-order valence-corrected chi connectivity index (χ0v) is 13.1. The molecule has 23 heavy (non-hydrogen) atoms. The quantitative estimate of drug-likeness (QED) is 0.773. The van der Waals surface area contributed by atoms with E-state index in [9.17, 15) is 9.90 Å². The van der Waals surface area contributed by atoms with Crippen LogP contribution in [-0.4, -0.2) is 27.4 Å². The SMILES string of the molecule is O=C(O)c1cccc(-n2nc(Cc3cccs3)c3c2NCC3)c1. The van der Waals surface area contributed by atoms with Gasteiger partial charge in [0.05, 0.1) is 16.9 Å². The molecule has 1 aliphatic rings. The fourth-order valence-electron chi connectivity index (χ4n) is 2.92. The van der Waals surface area contributed by atoms with E-state index in [4.69, 9.17) is 5.10 Å². The topological polar surface area (TPSA) is 67.1 Å². The van der Waals surface area contributed by atoms with Crippen molar-refractivity contribution in [1.29, 1.82) is 0 Å². The predicted octanol–water partition coefficient (Wildman–Crippen LogP) is 3.19. The highest BCUT2D eigenvalue weighted by Crippen LogP contribution is 2.30. The van der Waals surface area contributed by atoms with Crippen molar-refractivity contribution in [2.75, 3.05) is 11.9 Å². The number of carbonyl (C=O) groups is 1. The summed E-state index contributed by atoms with van der Waals surface area (Å²) in [6.45, 7) is 0.892. The van der Waals surface area contributed by atoms with Crippen molar-refractivity contribution < 1.29 is 9.90 Å². The Labute approximate surface area is 137 Å². The number of aromatic nitrogens is 2. The van der Waals surface area contributed by atoms with E-state index >= 15 is 0 Å². The summed E-state index contributed by atoms with van der Waals surface area (Å²) in [5.74, 6) is 0.0570. The van der Waals surface area contributed by atoms with Crippen LogP contribution < -0.4 is 5.32 Å². The molecule has 0 unspecified atom stereocenters. The van der Waals surface area contributed by atoms with Crippen LogP contribution in [0.15, 0.2) is 41.8 Å². The Hall–Kier alpha value is -2.60. The van der Waals surface area contributed by atoms with E-state index in [1.165, 1.54) is 10.4 Å². The van der Waals surface area contributed by atoms with Crippen LogP contribution in [0.2, 0.25) is 0 Å². The summed E-state index contributed by atoms with van der Waals surface area (Å²) in [6, 6.07) is 11.0. The number of benzene rings is 1. The number of hydrogen-bond acceptors (Lipinski definition) is 4. The van der Waals surface area contributed by atoms with E-state index in [0.717, 1.165) is 36.6 Å². The number of thiophene rings is 1. The standard InChI is InChI=1S/C17H15N3O2S/c21-17(22)11-3-1-4-12(9-11)20-16-14(6-7-18-16)15(19-20)10-13-5-2-8-23-13/h1-5,8-9,18H,6-7,10H2,(H,21,22). The van der Waals surface area contributed by atoms with Crippen molar-refractivity contribution in [3.05, 3.63) is 63.5 Å². The largest absolute Gasteiger partial charge is 0.478 e. The zero-order chi connectivity index (χ0) is 15.8. The highest BCUT2D eigenvalue weighted by atomic mass is 32.1. The molecule has 0 aliphatic carbocycles. The van der Waals surface area contributed by atoms with E-state index in [-0.39, 0.29) is 5.56 Å². The molecule has 0 saturated heterocycles. The molecule has 116 valence electrons. The molecule has 0 spiro atoms. The monoisotopic (exact) mass is 325 g/mol. The summed E-state index contributed by atoms with van der Waals surface area (Å²) in [5, 5.41) is 19.4. The fourth-order valence-corrected chi connectivity index (χ4v) is 3.63. The Kier molecular flexibility index (Phi) is 3.38. The van der Waals surface area contributed by atoms with Crippen LogP contribution >= 0.6 is 11.3 Å². The molecule has 0 atom stereocenters. The lowest BCUT2D eigenvalue weighted by molar-refractivity contribution is 0.0697. The molecule has 3 heterocycles. The minimum Gasteiger partial charge on any atom is -0.478 e. The molecule has 1 aromatic carbocycles. The van der Waals surface area contributed by atoms with Crippen LogP contribution in [0.25, 0.3) is 5.69 Å². The summed E-state index contributed by atoms with van der Waals surface area (Å²) >= 11 is 1.73. The highest BCUT2D eigenvalue weighted by molar-refractivity contribution is 7.09. The third-order valence-electron chi connectivity index (χ3n) is 3.99. The van der Waals surface area contributed by atoms with E-state index < -0.39 is 5.97 Å². The predicted molar refractivity (Wildman–Crippen MR) is 89.8 cm³/mol. The van der Waals surface area contributed by atoms with Crippen molar-refractivity contribution in [1.82, 2.24) is 9.78 Å². The normalized spacial score (nSPS) is 12.9. The number of rotatable bonds is 4. The van der Waals surface area contributed by atoms with Gasteiger partial charge >= 0.3 is 5.97 Å². The number of carboxylic acid groups (broad SMARTS) is 1. The van der Waals surface area contributed by atoms with E-state index in [1.807, 2.05) is 16.8 Å². The van der Waals surface area contributed by atoms with Gasteiger partial charge in [0.25, 0.3) is 0 Å². The molecule has 4 rings (SSSR count). The van der Waals surface area contributed by atoms with Gasteiger partial charge < -0.3 is 10.4 Å². The Balaban J connectivity index is 1.77. The minimum absolute atomic E-state index is 0.268. The first kappa shape index (κ1) is 14.0. The Morgan fingerprint density at radius 3 is 3.04 bits per heavy atom. The average Bonchev–Trinajstić information content (AvgIpc) is 3.26. The van der Waals surface area contributed by atoms with Gasteiger partial charge in [-0.25, -0.2) is 9.48 Å². The molecular weight excluding hydrogens is 310 g/mol. The molecule has 5 nitrogen and oxygen atoms in total. The molecule has 0 amide bonds. The van der Waals surface area contributed by atoms with Gasteiger partial charge in [0, 0.05) is 23.4 Å². The first-order valence-electron chi connectivity index (χ1n) is 7.43. The van der Waals surface area contributed by atoms with E-state index in [2.05, 4.69) is 16.8 Å². The molecule has 6 heteroatoms. The van der Waals surface area contributed by atoms with Gasteiger partial charge in [0.1, 0.15) is 5.82 Å². The molecule has 0 radical (unpaired) electrons. The van der Waals surface area contributed by atoms with Crippen molar-refractivity contribution in [3.8, 4) is 5.69 Å². The second-order valence-electron chi connectivity index (χ2n) is 5.47. The van der Waals surface area contributed by atoms with Gasteiger partial charge in [-0.15, -0.1) is 11.3 Å². The summed E-state index contributed by atoms with van der Waals surface area (Å²) in [4.78, 5) is 12.5. The third kappa shape index (κ3) is 2.51. The maximum atomic E-state index is 11.2. The van der Waals surface area contributed by atoms with Crippen LogP contribution in [0, 0.1) is 0 Å². The Bertz CT molecular complexity index is 868. The second-order valence-corrected chi connectivity index (χ2v) is 6.51. The molecule has 1 aliphatic heterocycles. The van der Waals surface area contributed by atoms with Crippen molar-refractivity contribution in [2.45, 2.75) is 12.8 Å². The second kappa shape index (κ2) is 5.55. The highest BCUT2D eigenvalue weighted by Gasteiger charge is 2.23. The number of nitrogens with zero attached hydrogens (tertiary/aromatic N) is 2. The first-order chi connectivity index (χ1) is 11.2. The van der Waals surface area contributed by atoms with Gasteiger partial charge in [0.15, 0.2) is 0 Å². The molecular formula is C17H15N3O2S. The summed E-state index contributed by atoms with van der Waals surface area (Å²) in [5.41, 5.74) is 3.34. The number of hydrogen-bond donors (Lipinski definition) is 2. The van der Waals surface area contributed by atoms with Gasteiger partial charge in [-0.2, -0.15) is 5.10 Å². The van der Waals surface area contributed by atoms with Gasteiger partial charge in [-0.3, -0.25) is 0 Å². The maximum Gasteiger partial charge on any atom is 0.335 e. The first-order valence-corrected chi connectivity index (χ1v) is 8.31. The van der Waals surface area contributed by atoms with Crippen LogP contribution in [0.1, 0.15) is 26.5 Å². The van der Waals surface area contributed by atoms with Crippen LogP contribution in [0.4, 0.5) is 5.82 Å². The number of fused-ring (bicyclic) bond motifs is 1. The minimum atomic E-state index is -0.928. The van der Waals surface area contributed by atoms with Crippen molar-refractivity contribution >= 4 is 23.1 Å². The number of carboxylic acids is 1. The third-order valence-corrected chi connectivity index (χ3v) is 4.87. The molecule has 0 bridgehead atoms. The Morgan fingerprint density at radius 2 is 2.26 bits per heavy atom. The molecule has 0 fully saturated rings. The van der Waals surface area contributed by atoms with Crippen LogP contribution in [0.3, 0.4) is 0 Å². The van der Waals surface area contributed by atoms with Gasteiger partial charge in [-0.05, 0) is 36.1 Å². The molecule has 2 aromatic heterocycles. The molecule has 0 saturated carbocycles. The summed E-state index contributed by atoms with van der Waals surface area (Å²) < 4.78 is 1.83. The van der Waals surface area contributed by atoms with E-state index in [1.54, 1.807) is 29.5 Å². The summed E-state index contributed by atoms with van der Waals surface area (Å²) in [7, 11) is 0. The lowest BCUT2D eigenvalue weighted by Crippen LogP contribution is -2.06. The maximum absolute atomic E-state index is 11.2. The lowest BCUT2D eigenvalue weighted by Gasteiger charge is -2.07.